The molecule has 0 spiro atoms. The van der Waals surface area contributed by atoms with Crippen LogP contribution in [0.2, 0.25) is 0 Å². The molecule has 0 fully saturated rings. The van der Waals surface area contributed by atoms with Crippen LogP contribution in [0.5, 0.6) is 0 Å². The van der Waals surface area contributed by atoms with Crippen molar-refractivity contribution in [2.75, 3.05) is 17.3 Å². The van der Waals surface area contributed by atoms with Gasteiger partial charge in [-0.05, 0) is 54.1 Å². The first-order valence-electron chi connectivity index (χ1n) is 7.54. The molecule has 4 N–H and O–H groups in total. The average Bonchev–Trinajstić information content (AvgIpc) is 3.02. The molecule has 0 saturated carbocycles. The summed E-state index contributed by atoms with van der Waals surface area (Å²) in [5.41, 5.74) is 7.84. The smallest absolute Gasteiger partial charge is 0.255 e. The monoisotopic (exact) mass is 389 g/mol. The molecule has 0 bridgehead atoms. The van der Waals surface area contributed by atoms with E-state index in [1.54, 1.807) is 24.3 Å². The van der Waals surface area contributed by atoms with Crippen LogP contribution in [0.3, 0.4) is 0 Å². The lowest BCUT2D eigenvalue weighted by molar-refractivity contribution is 0.102. The Kier molecular flexibility index (Phi) is 4.80. The van der Waals surface area contributed by atoms with Crippen LogP contribution in [0.4, 0.5) is 15.8 Å². The lowest BCUT2D eigenvalue weighted by atomic mass is 10.1. The van der Waals surface area contributed by atoms with E-state index in [0.29, 0.717) is 21.8 Å². The highest BCUT2D eigenvalue weighted by atomic mass is 32.2. The summed E-state index contributed by atoms with van der Waals surface area (Å²) in [5.74, 6) is -0.384. The van der Waals surface area contributed by atoms with Crippen LogP contribution >= 0.6 is 11.3 Å². The maximum absolute atomic E-state index is 13.2. The number of hydrogen-bond acceptors (Lipinski definition) is 5. The summed E-state index contributed by atoms with van der Waals surface area (Å²) in [4.78, 5) is 13.5. The van der Waals surface area contributed by atoms with Crippen LogP contribution in [0.25, 0.3) is 10.4 Å². The molecular formula is C18H16FN3O2S2. The summed E-state index contributed by atoms with van der Waals surface area (Å²) in [6.45, 7) is 0. The Morgan fingerprint density at radius 3 is 2.42 bits per heavy atom. The lowest BCUT2D eigenvalue weighted by Gasteiger charge is -2.10. The molecule has 8 heteroatoms. The number of carbonyl (C=O) groups is 1. The van der Waals surface area contributed by atoms with Crippen LogP contribution in [-0.2, 0) is 9.73 Å². The SMILES string of the molecule is C[S@@](=N)(=O)c1ccc(C(=O)Nc2cc(-c3ccc(F)s3)ccc2N)cc1. The normalized spacial score (nSPS) is 13.2. The summed E-state index contributed by atoms with van der Waals surface area (Å²) >= 11 is 1.01. The summed E-state index contributed by atoms with van der Waals surface area (Å²) in [6, 6.07) is 14.2. The van der Waals surface area contributed by atoms with E-state index in [-0.39, 0.29) is 11.0 Å². The minimum absolute atomic E-state index is 0.288. The van der Waals surface area contributed by atoms with Gasteiger partial charge in [0.15, 0.2) is 5.13 Å². The molecule has 0 radical (unpaired) electrons. The Hall–Kier alpha value is -2.71. The molecule has 2 aromatic carbocycles. The van der Waals surface area contributed by atoms with E-state index in [9.17, 15) is 13.4 Å². The number of nitrogens with one attached hydrogen (secondary N) is 2. The molecule has 1 heterocycles. The van der Waals surface area contributed by atoms with Gasteiger partial charge >= 0.3 is 0 Å². The Balaban J connectivity index is 1.85. The van der Waals surface area contributed by atoms with Crippen molar-refractivity contribution in [1.29, 1.82) is 4.78 Å². The van der Waals surface area contributed by atoms with Gasteiger partial charge in [-0.25, -0.2) is 8.99 Å². The largest absolute Gasteiger partial charge is 0.397 e. The number of anilines is 2. The minimum atomic E-state index is -2.83. The average molecular weight is 389 g/mol. The molecule has 0 aliphatic carbocycles. The van der Waals surface area contributed by atoms with E-state index in [1.165, 1.54) is 36.6 Å². The van der Waals surface area contributed by atoms with Gasteiger partial charge in [-0.3, -0.25) is 4.79 Å². The Bertz CT molecular complexity index is 1070. The summed E-state index contributed by atoms with van der Waals surface area (Å²) < 4.78 is 32.5. The number of hydrogen-bond donors (Lipinski definition) is 3. The molecule has 3 aromatic rings. The molecule has 0 aliphatic heterocycles. The van der Waals surface area contributed by atoms with Gasteiger partial charge < -0.3 is 11.1 Å². The Labute approximate surface area is 154 Å². The zero-order valence-corrected chi connectivity index (χ0v) is 15.4. The van der Waals surface area contributed by atoms with Crippen molar-refractivity contribution in [3.8, 4) is 10.4 Å². The molecule has 134 valence electrons. The first kappa shape index (κ1) is 18.1. The maximum Gasteiger partial charge on any atom is 0.255 e. The van der Waals surface area contributed by atoms with Gasteiger partial charge in [0, 0.05) is 21.6 Å². The third-order valence-electron chi connectivity index (χ3n) is 3.73. The van der Waals surface area contributed by atoms with E-state index < -0.39 is 9.73 Å². The molecule has 3 rings (SSSR count). The van der Waals surface area contributed by atoms with Crippen LogP contribution in [0, 0.1) is 9.91 Å². The molecule has 1 atom stereocenters. The van der Waals surface area contributed by atoms with E-state index in [4.69, 9.17) is 10.5 Å². The number of benzene rings is 2. The van der Waals surface area contributed by atoms with Crippen molar-refractivity contribution < 1.29 is 13.4 Å². The van der Waals surface area contributed by atoms with E-state index in [2.05, 4.69) is 5.32 Å². The highest BCUT2D eigenvalue weighted by molar-refractivity contribution is 7.91. The fraction of sp³-hybridized carbons (Fsp3) is 0.0556. The maximum atomic E-state index is 13.2. The van der Waals surface area contributed by atoms with Gasteiger partial charge in [-0.2, -0.15) is 4.39 Å². The van der Waals surface area contributed by atoms with Crippen molar-refractivity contribution in [2.45, 2.75) is 4.90 Å². The molecule has 5 nitrogen and oxygen atoms in total. The second-order valence-electron chi connectivity index (χ2n) is 5.73. The number of nitrogen functional groups attached to an aromatic ring is 1. The molecule has 1 aromatic heterocycles. The zero-order chi connectivity index (χ0) is 18.9. The van der Waals surface area contributed by atoms with Gasteiger partial charge in [-0.15, -0.1) is 11.3 Å². The number of carbonyl (C=O) groups excluding carboxylic acids is 1. The number of rotatable bonds is 4. The summed E-state index contributed by atoms with van der Waals surface area (Å²) in [6.07, 6.45) is 1.32. The van der Waals surface area contributed by atoms with Gasteiger partial charge in [-0.1, -0.05) is 6.07 Å². The third-order valence-corrected chi connectivity index (χ3v) is 5.82. The van der Waals surface area contributed by atoms with Gasteiger partial charge in [0.1, 0.15) is 0 Å². The minimum Gasteiger partial charge on any atom is -0.397 e. The second kappa shape index (κ2) is 6.89. The predicted molar refractivity (Wildman–Crippen MR) is 104 cm³/mol. The van der Waals surface area contributed by atoms with E-state index in [1.807, 2.05) is 0 Å². The zero-order valence-electron chi connectivity index (χ0n) is 13.8. The van der Waals surface area contributed by atoms with Crippen molar-refractivity contribution in [3.05, 3.63) is 65.3 Å². The van der Waals surface area contributed by atoms with Crippen molar-refractivity contribution in [3.63, 3.8) is 0 Å². The van der Waals surface area contributed by atoms with Gasteiger partial charge in [0.25, 0.3) is 5.91 Å². The van der Waals surface area contributed by atoms with Crippen LogP contribution < -0.4 is 11.1 Å². The molecule has 26 heavy (non-hydrogen) atoms. The highest BCUT2D eigenvalue weighted by Gasteiger charge is 2.12. The molecule has 0 unspecified atom stereocenters. The van der Waals surface area contributed by atoms with Gasteiger partial charge in [0.2, 0.25) is 0 Å². The standard InChI is InChI=1S/C18H16FN3O2S2/c1-26(21,24)13-5-2-11(3-6-13)18(23)22-15-10-12(4-7-14(15)20)16-8-9-17(19)25-16/h2-10,21H,20H2,1H3,(H,22,23)/t26-/m1/s1. The van der Waals surface area contributed by atoms with Crippen molar-refractivity contribution in [1.82, 2.24) is 0 Å². The highest BCUT2D eigenvalue weighted by Crippen LogP contribution is 2.31. The number of amides is 1. The molecule has 0 aliphatic rings. The first-order valence-corrected chi connectivity index (χ1v) is 10.3. The predicted octanol–water partition coefficient (Wildman–Crippen LogP) is 4.42. The number of nitrogens with two attached hydrogens (primary N) is 1. The first-order chi connectivity index (χ1) is 12.2. The Morgan fingerprint density at radius 1 is 1.15 bits per heavy atom. The third kappa shape index (κ3) is 3.92. The fourth-order valence-corrected chi connectivity index (χ4v) is 3.73. The van der Waals surface area contributed by atoms with Crippen LogP contribution in [-0.4, -0.2) is 16.4 Å². The molecule has 0 saturated heterocycles. The summed E-state index contributed by atoms with van der Waals surface area (Å²) in [7, 11) is -2.83. The second-order valence-corrected chi connectivity index (χ2v) is 8.92. The molecular weight excluding hydrogens is 373 g/mol. The number of thiophene rings is 1. The quantitative estimate of drug-likeness (QED) is 0.576. The van der Waals surface area contributed by atoms with Crippen molar-refractivity contribution in [2.24, 2.45) is 0 Å². The van der Waals surface area contributed by atoms with Crippen LogP contribution in [0.15, 0.2) is 59.5 Å². The van der Waals surface area contributed by atoms with Gasteiger partial charge in [0.05, 0.1) is 21.1 Å². The fourth-order valence-electron chi connectivity index (χ4n) is 2.35. The van der Waals surface area contributed by atoms with E-state index >= 15 is 0 Å². The summed E-state index contributed by atoms with van der Waals surface area (Å²) in [5, 5.41) is 2.44. The Morgan fingerprint density at radius 2 is 1.85 bits per heavy atom. The lowest BCUT2D eigenvalue weighted by Crippen LogP contribution is -2.13. The topological polar surface area (TPSA) is 96.0 Å². The van der Waals surface area contributed by atoms with Crippen LogP contribution in [0.1, 0.15) is 10.4 Å². The number of halogens is 1. The van der Waals surface area contributed by atoms with E-state index in [0.717, 1.165) is 21.8 Å². The van der Waals surface area contributed by atoms with Crippen molar-refractivity contribution >= 4 is 38.3 Å². The molecule has 1 amide bonds.